The highest BCUT2D eigenvalue weighted by Crippen LogP contribution is 2.24. The van der Waals surface area contributed by atoms with Gasteiger partial charge in [0.25, 0.3) is 0 Å². The molecule has 1 aromatic rings. The molecule has 1 heterocycles. The van der Waals surface area contributed by atoms with Crippen molar-refractivity contribution in [2.45, 2.75) is 12.8 Å². The van der Waals surface area contributed by atoms with Gasteiger partial charge < -0.3 is 19.7 Å². The SMILES string of the molecule is CN=C(NCCc1c(Cl)cccc1Cl)N1CCC(COCCOC)C1.I. The topological polar surface area (TPSA) is 46.1 Å². The molecule has 1 atom stereocenters. The minimum atomic E-state index is 0. The van der Waals surface area contributed by atoms with Gasteiger partial charge in [-0.15, -0.1) is 24.0 Å². The minimum absolute atomic E-state index is 0. The first-order valence-corrected chi connectivity index (χ1v) is 9.36. The molecule has 0 bridgehead atoms. The van der Waals surface area contributed by atoms with E-state index >= 15 is 0 Å². The summed E-state index contributed by atoms with van der Waals surface area (Å²) < 4.78 is 10.6. The van der Waals surface area contributed by atoms with Crippen molar-refractivity contribution in [3.63, 3.8) is 0 Å². The van der Waals surface area contributed by atoms with Crippen LogP contribution in [0.3, 0.4) is 0 Å². The fraction of sp³-hybridized carbons (Fsp3) is 0.611. The van der Waals surface area contributed by atoms with Crippen LogP contribution < -0.4 is 5.32 Å². The Labute approximate surface area is 183 Å². The van der Waals surface area contributed by atoms with Gasteiger partial charge in [0.05, 0.1) is 19.8 Å². The summed E-state index contributed by atoms with van der Waals surface area (Å²) in [5, 5.41) is 4.82. The summed E-state index contributed by atoms with van der Waals surface area (Å²) in [4.78, 5) is 6.67. The lowest BCUT2D eigenvalue weighted by Gasteiger charge is -2.22. The zero-order valence-electron chi connectivity index (χ0n) is 15.3. The van der Waals surface area contributed by atoms with Crippen LogP contribution in [0.1, 0.15) is 12.0 Å². The maximum absolute atomic E-state index is 6.22. The summed E-state index contributed by atoms with van der Waals surface area (Å²) in [6.07, 6.45) is 1.87. The van der Waals surface area contributed by atoms with Gasteiger partial charge in [-0.25, -0.2) is 0 Å². The molecule has 1 N–H and O–H groups in total. The zero-order chi connectivity index (χ0) is 18.1. The largest absolute Gasteiger partial charge is 0.382 e. The third kappa shape index (κ3) is 7.38. The molecule has 8 heteroatoms. The van der Waals surface area contributed by atoms with Gasteiger partial charge in [-0.3, -0.25) is 4.99 Å². The molecule has 0 radical (unpaired) electrons. The van der Waals surface area contributed by atoms with Crippen molar-refractivity contribution in [2.24, 2.45) is 10.9 Å². The molecule has 1 aromatic carbocycles. The molecule has 0 spiro atoms. The third-order valence-corrected chi connectivity index (χ3v) is 5.01. The second-order valence-electron chi connectivity index (χ2n) is 6.09. The molecule has 2 rings (SSSR count). The van der Waals surface area contributed by atoms with Crippen molar-refractivity contribution in [2.75, 3.05) is 53.6 Å². The van der Waals surface area contributed by atoms with E-state index in [-0.39, 0.29) is 24.0 Å². The molecule has 0 amide bonds. The summed E-state index contributed by atoms with van der Waals surface area (Å²) >= 11 is 12.4. The van der Waals surface area contributed by atoms with Crippen molar-refractivity contribution in [1.82, 2.24) is 10.2 Å². The standard InChI is InChI=1S/C18H27Cl2N3O2.HI/c1-21-18(22-8-6-15-16(19)4-3-5-17(15)20)23-9-7-14(12-23)13-25-11-10-24-2;/h3-5,14H,6-13H2,1-2H3,(H,21,22);1H. The highest BCUT2D eigenvalue weighted by atomic mass is 127. The molecule has 1 aliphatic heterocycles. The second-order valence-corrected chi connectivity index (χ2v) is 6.91. The van der Waals surface area contributed by atoms with E-state index in [1.54, 1.807) is 7.11 Å². The first kappa shape index (κ1) is 23.8. The number of ether oxygens (including phenoxy) is 2. The van der Waals surface area contributed by atoms with E-state index in [9.17, 15) is 0 Å². The molecule has 0 aromatic heterocycles. The average Bonchev–Trinajstić information content (AvgIpc) is 3.06. The van der Waals surface area contributed by atoms with Crippen LogP contribution >= 0.6 is 47.2 Å². The van der Waals surface area contributed by atoms with E-state index in [2.05, 4.69) is 15.2 Å². The van der Waals surface area contributed by atoms with Gasteiger partial charge in [-0.1, -0.05) is 29.3 Å². The first-order chi connectivity index (χ1) is 12.2. The Morgan fingerprint density at radius 2 is 2.04 bits per heavy atom. The van der Waals surface area contributed by atoms with Crippen LogP contribution in [0.2, 0.25) is 10.0 Å². The average molecular weight is 516 g/mol. The van der Waals surface area contributed by atoms with Gasteiger partial charge in [-0.2, -0.15) is 0 Å². The number of aliphatic imine (C=N–C) groups is 1. The molecular weight excluding hydrogens is 488 g/mol. The van der Waals surface area contributed by atoms with Crippen LogP contribution in [0.5, 0.6) is 0 Å². The molecule has 0 aliphatic carbocycles. The Balaban J connectivity index is 0.00000338. The molecule has 0 saturated carbocycles. The number of hydrogen-bond acceptors (Lipinski definition) is 3. The van der Waals surface area contributed by atoms with Gasteiger partial charge in [0.15, 0.2) is 5.96 Å². The van der Waals surface area contributed by atoms with Gasteiger partial charge in [0.1, 0.15) is 0 Å². The van der Waals surface area contributed by atoms with Crippen LogP contribution in [0, 0.1) is 5.92 Å². The summed E-state index contributed by atoms with van der Waals surface area (Å²) in [5.41, 5.74) is 0.972. The first-order valence-electron chi connectivity index (χ1n) is 8.60. The molecule has 5 nitrogen and oxygen atoms in total. The van der Waals surface area contributed by atoms with Crippen LogP contribution in [0.25, 0.3) is 0 Å². The second kappa shape index (κ2) is 13.0. The van der Waals surface area contributed by atoms with E-state index in [1.807, 2.05) is 25.2 Å². The van der Waals surface area contributed by atoms with Crippen LogP contribution in [0.4, 0.5) is 0 Å². The molecule has 1 aliphatic rings. The third-order valence-electron chi connectivity index (χ3n) is 4.30. The van der Waals surface area contributed by atoms with E-state index in [4.69, 9.17) is 32.7 Å². The highest BCUT2D eigenvalue weighted by molar-refractivity contribution is 14.0. The van der Waals surface area contributed by atoms with E-state index in [0.29, 0.717) is 29.2 Å². The number of hydrogen-bond donors (Lipinski definition) is 1. The lowest BCUT2D eigenvalue weighted by Crippen LogP contribution is -2.41. The van der Waals surface area contributed by atoms with Gasteiger partial charge >= 0.3 is 0 Å². The summed E-state index contributed by atoms with van der Waals surface area (Å²) in [6.45, 7) is 4.75. The van der Waals surface area contributed by atoms with Gasteiger partial charge in [0, 0.05) is 49.8 Å². The van der Waals surface area contributed by atoms with E-state index < -0.39 is 0 Å². The van der Waals surface area contributed by atoms with E-state index in [1.165, 1.54) is 0 Å². The zero-order valence-corrected chi connectivity index (χ0v) is 19.2. The quantitative estimate of drug-likeness (QED) is 0.248. The molecular formula is C18H28Cl2IN3O2. The highest BCUT2D eigenvalue weighted by Gasteiger charge is 2.24. The number of benzene rings is 1. The van der Waals surface area contributed by atoms with Crippen LogP contribution in [-0.4, -0.2) is 64.5 Å². The molecule has 1 saturated heterocycles. The number of nitrogens with zero attached hydrogens (tertiary/aromatic N) is 2. The predicted molar refractivity (Wildman–Crippen MR) is 119 cm³/mol. The lowest BCUT2D eigenvalue weighted by molar-refractivity contribution is 0.0536. The van der Waals surface area contributed by atoms with Crippen molar-refractivity contribution < 1.29 is 9.47 Å². The Bertz CT molecular complexity index is 555. The fourth-order valence-corrected chi connectivity index (χ4v) is 3.54. The Kier molecular flexibility index (Phi) is 11.9. The Hall–Kier alpha value is -0.280. The predicted octanol–water partition coefficient (Wildman–Crippen LogP) is 3.71. The Morgan fingerprint density at radius 3 is 2.69 bits per heavy atom. The fourth-order valence-electron chi connectivity index (χ4n) is 2.96. The van der Waals surface area contributed by atoms with E-state index in [0.717, 1.165) is 50.6 Å². The Morgan fingerprint density at radius 1 is 1.31 bits per heavy atom. The maximum Gasteiger partial charge on any atom is 0.193 e. The number of halogens is 3. The van der Waals surface area contributed by atoms with Gasteiger partial charge in [-0.05, 0) is 30.5 Å². The van der Waals surface area contributed by atoms with Gasteiger partial charge in [0.2, 0.25) is 0 Å². The summed E-state index contributed by atoms with van der Waals surface area (Å²) in [6, 6.07) is 5.60. The summed E-state index contributed by atoms with van der Waals surface area (Å²) in [5.74, 6) is 1.45. The van der Waals surface area contributed by atoms with Crippen molar-refractivity contribution in [3.05, 3.63) is 33.8 Å². The smallest absolute Gasteiger partial charge is 0.193 e. The number of rotatable bonds is 8. The maximum atomic E-state index is 6.22. The lowest BCUT2D eigenvalue weighted by atomic mass is 10.1. The van der Waals surface area contributed by atoms with Crippen molar-refractivity contribution >= 4 is 53.1 Å². The molecule has 148 valence electrons. The summed E-state index contributed by atoms with van der Waals surface area (Å²) in [7, 11) is 3.50. The molecule has 1 fully saturated rings. The number of guanidine groups is 1. The van der Waals surface area contributed by atoms with Crippen LogP contribution in [0.15, 0.2) is 23.2 Å². The van der Waals surface area contributed by atoms with Crippen molar-refractivity contribution in [3.8, 4) is 0 Å². The number of methoxy groups -OCH3 is 1. The minimum Gasteiger partial charge on any atom is -0.382 e. The number of likely N-dealkylation sites (tertiary alicyclic amines) is 1. The van der Waals surface area contributed by atoms with Crippen molar-refractivity contribution in [1.29, 1.82) is 0 Å². The monoisotopic (exact) mass is 515 g/mol. The molecule has 1 unspecified atom stereocenters. The van der Waals surface area contributed by atoms with Crippen LogP contribution in [-0.2, 0) is 15.9 Å². The number of nitrogens with one attached hydrogen (secondary N) is 1. The molecule has 26 heavy (non-hydrogen) atoms. The normalized spacial score (nSPS) is 17.3.